The summed E-state index contributed by atoms with van der Waals surface area (Å²) in [6.07, 6.45) is -0.262. The number of carbonyl (C=O) groups excluding carboxylic acids is 1. The number of hydrogen-bond donors (Lipinski definition) is 4. The predicted molar refractivity (Wildman–Crippen MR) is 84.8 cm³/mol. The molecule has 0 aliphatic heterocycles. The molecular formula is C16H15ClF3NO4. The van der Waals surface area contributed by atoms with Crippen LogP contribution in [0.1, 0.15) is 23.2 Å². The molecule has 0 fully saturated rings. The highest BCUT2D eigenvalue weighted by Crippen LogP contribution is 2.40. The highest BCUT2D eigenvalue weighted by molar-refractivity contribution is 6.34. The van der Waals surface area contributed by atoms with E-state index in [0.29, 0.717) is 6.42 Å². The second kappa shape index (κ2) is 7.26. The number of hydrogen-bond acceptors (Lipinski definition) is 4. The Labute approximate surface area is 146 Å². The molecule has 0 saturated carbocycles. The molecule has 2 rings (SSSR count). The minimum absolute atomic E-state index is 0.112. The number of aromatic hydroxyl groups is 3. The van der Waals surface area contributed by atoms with Gasteiger partial charge in [-0.05, 0) is 18.8 Å². The summed E-state index contributed by atoms with van der Waals surface area (Å²) in [6, 6.07) is 0.824. The Hall–Kier alpha value is -2.35. The van der Waals surface area contributed by atoms with Gasteiger partial charge in [-0.15, -0.1) is 0 Å². The molecule has 1 aromatic rings. The van der Waals surface area contributed by atoms with Crippen LogP contribution >= 0.6 is 11.6 Å². The molecule has 0 spiro atoms. The van der Waals surface area contributed by atoms with Crippen LogP contribution in [0.25, 0.3) is 0 Å². The lowest BCUT2D eigenvalue weighted by Gasteiger charge is -2.18. The molecular weight excluding hydrogens is 363 g/mol. The first-order chi connectivity index (χ1) is 11.6. The van der Waals surface area contributed by atoms with E-state index in [1.165, 1.54) is 6.08 Å². The quantitative estimate of drug-likeness (QED) is 0.645. The van der Waals surface area contributed by atoms with E-state index in [1.54, 1.807) is 0 Å². The molecule has 0 heterocycles. The van der Waals surface area contributed by atoms with E-state index in [9.17, 15) is 33.3 Å². The van der Waals surface area contributed by atoms with Crippen molar-refractivity contribution in [2.24, 2.45) is 5.92 Å². The normalized spacial score (nSPS) is 17.3. The van der Waals surface area contributed by atoms with Crippen LogP contribution in [0.2, 0.25) is 5.02 Å². The van der Waals surface area contributed by atoms with E-state index in [4.69, 9.17) is 11.6 Å². The highest BCUT2D eigenvalue weighted by atomic mass is 35.5. The number of phenols is 3. The van der Waals surface area contributed by atoms with Gasteiger partial charge < -0.3 is 20.6 Å². The first kappa shape index (κ1) is 19.0. The molecule has 0 radical (unpaired) electrons. The van der Waals surface area contributed by atoms with E-state index in [1.807, 2.05) is 0 Å². The van der Waals surface area contributed by atoms with Crippen molar-refractivity contribution in [1.82, 2.24) is 5.32 Å². The Kier molecular flexibility index (Phi) is 5.52. The average Bonchev–Trinajstić information content (AvgIpc) is 2.52. The number of rotatable bonds is 4. The van der Waals surface area contributed by atoms with Gasteiger partial charge in [0.15, 0.2) is 5.75 Å². The lowest BCUT2D eigenvalue weighted by atomic mass is 9.93. The van der Waals surface area contributed by atoms with Crippen molar-refractivity contribution in [3.05, 3.63) is 40.5 Å². The van der Waals surface area contributed by atoms with Crippen LogP contribution in [0, 0.1) is 5.92 Å². The SMILES string of the molecule is O=C(NCCC1C=CC(C(F)(F)F)=CC1)c1c(O)cc(O)c(Cl)c1O. The van der Waals surface area contributed by atoms with Crippen molar-refractivity contribution in [3.63, 3.8) is 0 Å². The lowest BCUT2D eigenvalue weighted by molar-refractivity contribution is -0.0887. The number of allylic oxidation sites excluding steroid dienone is 4. The van der Waals surface area contributed by atoms with Gasteiger partial charge in [0, 0.05) is 12.6 Å². The van der Waals surface area contributed by atoms with E-state index < -0.39 is 45.5 Å². The van der Waals surface area contributed by atoms with Crippen molar-refractivity contribution in [3.8, 4) is 17.2 Å². The molecule has 1 aromatic carbocycles. The summed E-state index contributed by atoms with van der Waals surface area (Å²) < 4.78 is 37.5. The van der Waals surface area contributed by atoms with Crippen molar-refractivity contribution in [1.29, 1.82) is 0 Å². The highest BCUT2D eigenvalue weighted by Gasteiger charge is 2.32. The van der Waals surface area contributed by atoms with Gasteiger partial charge in [-0.2, -0.15) is 13.2 Å². The Morgan fingerprint density at radius 3 is 2.52 bits per heavy atom. The van der Waals surface area contributed by atoms with Gasteiger partial charge in [0.05, 0.1) is 5.57 Å². The number of amides is 1. The van der Waals surface area contributed by atoms with Crippen LogP contribution in [0.3, 0.4) is 0 Å². The van der Waals surface area contributed by atoms with Gasteiger partial charge in [-0.25, -0.2) is 0 Å². The van der Waals surface area contributed by atoms with Crippen LogP contribution in [0.15, 0.2) is 29.9 Å². The fourth-order valence-electron chi connectivity index (χ4n) is 2.39. The van der Waals surface area contributed by atoms with E-state index in [2.05, 4.69) is 5.32 Å². The van der Waals surface area contributed by atoms with Crippen molar-refractivity contribution in [2.75, 3.05) is 6.54 Å². The third kappa shape index (κ3) is 4.39. The van der Waals surface area contributed by atoms with Gasteiger partial charge in [0.1, 0.15) is 22.1 Å². The Morgan fingerprint density at radius 2 is 1.96 bits per heavy atom. The first-order valence-electron chi connectivity index (χ1n) is 7.28. The summed E-state index contributed by atoms with van der Waals surface area (Å²) in [5.41, 5.74) is -1.18. The van der Waals surface area contributed by atoms with Gasteiger partial charge >= 0.3 is 6.18 Å². The minimum Gasteiger partial charge on any atom is -0.507 e. The molecule has 1 aliphatic carbocycles. The smallest absolute Gasteiger partial charge is 0.416 e. The van der Waals surface area contributed by atoms with Crippen LogP contribution in [0.5, 0.6) is 17.2 Å². The van der Waals surface area contributed by atoms with Gasteiger partial charge in [0.2, 0.25) is 0 Å². The summed E-state index contributed by atoms with van der Waals surface area (Å²) >= 11 is 5.61. The average molecular weight is 378 g/mol. The number of nitrogens with one attached hydrogen (secondary N) is 1. The maximum absolute atomic E-state index is 12.5. The third-order valence-electron chi connectivity index (χ3n) is 3.74. The number of benzene rings is 1. The monoisotopic (exact) mass is 377 g/mol. The summed E-state index contributed by atoms with van der Waals surface area (Å²) in [5.74, 6) is -2.97. The topological polar surface area (TPSA) is 89.8 Å². The fraction of sp³-hybridized carbons (Fsp3) is 0.312. The standard InChI is InChI=1S/C16H15ClF3NO4/c17-13-11(23)7-10(22)12(14(13)24)15(25)21-6-5-8-1-3-9(4-2-8)16(18,19)20/h1,3-4,7-8,22-24H,2,5-6H2,(H,21,25). The maximum atomic E-state index is 12.5. The third-order valence-corrected chi connectivity index (χ3v) is 4.12. The maximum Gasteiger partial charge on any atom is 0.416 e. The molecule has 4 N–H and O–H groups in total. The number of phenolic OH excluding ortho intramolecular Hbond substituents is 3. The zero-order valence-corrected chi connectivity index (χ0v) is 13.5. The van der Waals surface area contributed by atoms with Crippen LogP contribution < -0.4 is 5.32 Å². The van der Waals surface area contributed by atoms with Crippen LogP contribution in [-0.4, -0.2) is 33.9 Å². The van der Waals surface area contributed by atoms with Crippen LogP contribution in [-0.2, 0) is 0 Å². The molecule has 1 unspecified atom stereocenters. The van der Waals surface area contributed by atoms with E-state index in [0.717, 1.165) is 18.2 Å². The number of carbonyl (C=O) groups is 1. The summed E-state index contributed by atoms with van der Waals surface area (Å²) in [4.78, 5) is 12.0. The van der Waals surface area contributed by atoms with Gasteiger partial charge in [-0.1, -0.05) is 29.8 Å². The predicted octanol–water partition coefficient (Wildman–Crippen LogP) is 3.64. The summed E-state index contributed by atoms with van der Waals surface area (Å²) in [7, 11) is 0. The minimum atomic E-state index is -4.37. The number of halogens is 4. The number of alkyl halides is 3. The molecule has 136 valence electrons. The van der Waals surface area contributed by atoms with Gasteiger partial charge in [-0.3, -0.25) is 4.79 Å². The Bertz CT molecular complexity index is 744. The Morgan fingerprint density at radius 1 is 1.28 bits per heavy atom. The van der Waals surface area contributed by atoms with Crippen molar-refractivity contribution < 1.29 is 33.3 Å². The second-order valence-corrected chi connectivity index (χ2v) is 5.89. The zero-order chi connectivity index (χ0) is 18.8. The molecule has 1 amide bonds. The van der Waals surface area contributed by atoms with Gasteiger partial charge in [0.25, 0.3) is 5.91 Å². The molecule has 25 heavy (non-hydrogen) atoms. The molecule has 9 heteroatoms. The molecule has 0 bridgehead atoms. The lowest BCUT2D eigenvalue weighted by Crippen LogP contribution is -2.26. The second-order valence-electron chi connectivity index (χ2n) is 5.51. The molecule has 5 nitrogen and oxygen atoms in total. The van der Waals surface area contributed by atoms with Crippen LogP contribution in [0.4, 0.5) is 13.2 Å². The first-order valence-corrected chi connectivity index (χ1v) is 7.66. The Balaban J connectivity index is 1.92. The molecule has 1 aliphatic rings. The summed E-state index contributed by atoms with van der Waals surface area (Å²) in [6.45, 7) is 0.112. The van der Waals surface area contributed by atoms with Crippen molar-refractivity contribution >= 4 is 17.5 Å². The summed E-state index contributed by atoms with van der Waals surface area (Å²) in [5, 5.41) is 30.7. The zero-order valence-electron chi connectivity index (χ0n) is 12.8. The molecule has 1 atom stereocenters. The fourth-order valence-corrected chi connectivity index (χ4v) is 2.54. The largest absolute Gasteiger partial charge is 0.507 e. The molecule has 0 aromatic heterocycles. The molecule has 0 saturated heterocycles. The van der Waals surface area contributed by atoms with Crippen molar-refractivity contribution in [2.45, 2.75) is 19.0 Å². The van der Waals surface area contributed by atoms with E-state index in [-0.39, 0.29) is 18.9 Å². The van der Waals surface area contributed by atoms with E-state index >= 15 is 0 Å².